The van der Waals surface area contributed by atoms with E-state index in [0.717, 1.165) is 50.5 Å². The highest BCUT2D eigenvalue weighted by molar-refractivity contribution is 5.43. The third kappa shape index (κ3) is 6.70. The topological polar surface area (TPSA) is 74.4 Å². The summed E-state index contributed by atoms with van der Waals surface area (Å²) in [6.45, 7) is 9.70. The Balaban J connectivity index is 1.47. The van der Waals surface area contributed by atoms with Gasteiger partial charge in [0.25, 0.3) is 0 Å². The molecule has 1 aliphatic rings. The van der Waals surface area contributed by atoms with Gasteiger partial charge in [0.15, 0.2) is 11.5 Å². The van der Waals surface area contributed by atoms with E-state index in [-0.39, 0.29) is 6.61 Å². The number of aliphatic hydroxyl groups is 1. The van der Waals surface area contributed by atoms with Crippen LogP contribution in [0.5, 0.6) is 11.5 Å². The average molecular weight is 419 g/mol. The van der Waals surface area contributed by atoms with Crippen molar-refractivity contribution in [1.82, 2.24) is 19.9 Å². The fourth-order valence-corrected chi connectivity index (χ4v) is 3.72. The number of piperazine rings is 1. The van der Waals surface area contributed by atoms with E-state index in [9.17, 15) is 5.11 Å². The number of rotatable bonds is 11. The molecule has 3 rings (SSSR count). The summed E-state index contributed by atoms with van der Waals surface area (Å²) >= 11 is 0. The van der Waals surface area contributed by atoms with Crippen molar-refractivity contribution >= 4 is 0 Å². The molecule has 1 aliphatic heterocycles. The third-order valence-electron chi connectivity index (χ3n) is 5.42. The fraction of sp³-hybridized carbons (Fsp3) is 0.591. The molecule has 2 heterocycles. The lowest BCUT2D eigenvalue weighted by molar-refractivity contribution is 0.0464. The van der Waals surface area contributed by atoms with Gasteiger partial charge < -0.3 is 24.0 Å². The highest BCUT2D eigenvalue weighted by Gasteiger charge is 2.19. The molecule has 1 unspecified atom stereocenters. The summed E-state index contributed by atoms with van der Waals surface area (Å²) in [5, 5.41) is 14.3. The van der Waals surface area contributed by atoms with Gasteiger partial charge in [0.2, 0.25) is 0 Å². The smallest absolute Gasteiger partial charge is 0.161 e. The molecule has 1 saturated heterocycles. The zero-order valence-corrected chi connectivity index (χ0v) is 18.3. The maximum Gasteiger partial charge on any atom is 0.161 e. The first kappa shape index (κ1) is 22.6. The van der Waals surface area contributed by atoms with Gasteiger partial charge in [-0.25, -0.2) is 0 Å². The molecule has 0 spiro atoms. The van der Waals surface area contributed by atoms with Crippen LogP contribution in [0.3, 0.4) is 0 Å². The number of likely N-dealkylation sites (N-methyl/N-ethyl adjacent to an activating group) is 1. The first-order valence-corrected chi connectivity index (χ1v) is 10.6. The molecule has 1 aromatic heterocycles. The molecule has 166 valence electrons. The minimum Gasteiger partial charge on any atom is -0.493 e. The van der Waals surface area contributed by atoms with E-state index in [2.05, 4.69) is 26.8 Å². The maximum atomic E-state index is 10.4. The molecular weight excluding hydrogens is 384 g/mol. The average Bonchev–Trinajstić information content (AvgIpc) is 3.26. The molecule has 1 fully saturated rings. The molecule has 0 aliphatic carbocycles. The highest BCUT2D eigenvalue weighted by Crippen LogP contribution is 2.28. The van der Waals surface area contributed by atoms with Crippen molar-refractivity contribution in [3.05, 3.63) is 41.8 Å². The Morgan fingerprint density at radius 1 is 1.13 bits per heavy atom. The van der Waals surface area contributed by atoms with Crippen LogP contribution in [-0.4, -0.2) is 91.1 Å². The summed E-state index contributed by atoms with van der Waals surface area (Å²) in [5.74, 6) is 1.32. The number of β-amino-alcohol motifs (C(OH)–C–C–N with tert-alkyl or cyclic N) is 1. The number of methoxy groups -OCH3 is 1. The van der Waals surface area contributed by atoms with E-state index in [1.807, 2.05) is 31.3 Å². The predicted molar refractivity (Wildman–Crippen MR) is 115 cm³/mol. The van der Waals surface area contributed by atoms with Crippen molar-refractivity contribution in [2.24, 2.45) is 0 Å². The van der Waals surface area contributed by atoms with Gasteiger partial charge in [-0.2, -0.15) is 0 Å². The van der Waals surface area contributed by atoms with E-state index in [1.54, 1.807) is 13.4 Å². The van der Waals surface area contributed by atoms with Gasteiger partial charge in [-0.1, -0.05) is 18.1 Å². The molecule has 0 saturated carbocycles. The number of hydrogen-bond acceptors (Lipinski definition) is 8. The summed E-state index contributed by atoms with van der Waals surface area (Å²) in [6.07, 6.45) is 1.05. The molecule has 2 aromatic rings. The number of nitrogens with zero attached hydrogens (tertiary/aromatic N) is 4. The molecule has 1 N–H and O–H groups in total. The van der Waals surface area contributed by atoms with E-state index in [4.69, 9.17) is 14.0 Å². The lowest BCUT2D eigenvalue weighted by Crippen LogP contribution is -2.49. The Hall–Kier alpha value is -2.13. The van der Waals surface area contributed by atoms with Crippen molar-refractivity contribution < 1.29 is 19.1 Å². The molecule has 30 heavy (non-hydrogen) atoms. The molecule has 0 radical (unpaired) electrons. The summed E-state index contributed by atoms with van der Waals surface area (Å²) in [4.78, 5) is 6.87. The first-order chi connectivity index (χ1) is 14.6. The van der Waals surface area contributed by atoms with Crippen molar-refractivity contribution in [3.63, 3.8) is 0 Å². The number of aliphatic hydroxyl groups excluding tert-OH is 1. The summed E-state index contributed by atoms with van der Waals surface area (Å²) < 4.78 is 16.3. The predicted octanol–water partition coefficient (Wildman–Crippen LogP) is 1.69. The standard InChI is InChI=1S/C22H34N4O4/c1-4-25-8-10-26(11-9-25)16-20(27)17-29-21-6-5-18(13-22(21)28-3)14-24(2)15-19-7-12-30-23-19/h5-7,12-13,20,27H,4,8-11,14-17H2,1-3H3. The molecule has 0 amide bonds. The largest absolute Gasteiger partial charge is 0.493 e. The van der Waals surface area contributed by atoms with Crippen molar-refractivity contribution in [2.45, 2.75) is 26.1 Å². The summed E-state index contributed by atoms with van der Waals surface area (Å²) in [5.41, 5.74) is 2.01. The minimum atomic E-state index is -0.531. The first-order valence-electron chi connectivity index (χ1n) is 10.6. The second kappa shape index (κ2) is 11.3. The van der Waals surface area contributed by atoms with Gasteiger partial charge in [-0.3, -0.25) is 9.80 Å². The zero-order valence-electron chi connectivity index (χ0n) is 18.3. The van der Waals surface area contributed by atoms with Crippen LogP contribution < -0.4 is 9.47 Å². The van der Waals surface area contributed by atoms with Crippen LogP contribution in [0.1, 0.15) is 18.2 Å². The number of benzene rings is 1. The van der Waals surface area contributed by atoms with Crippen LogP contribution >= 0.6 is 0 Å². The summed E-state index contributed by atoms with van der Waals surface area (Å²) in [6, 6.07) is 7.77. The molecule has 8 nitrogen and oxygen atoms in total. The van der Waals surface area contributed by atoms with Gasteiger partial charge >= 0.3 is 0 Å². The molecule has 1 aromatic carbocycles. The number of hydrogen-bond donors (Lipinski definition) is 1. The van der Waals surface area contributed by atoms with Crippen molar-refractivity contribution in [2.75, 3.05) is 60.0 Å². The van der Waals surface area contributed by atoms with Crippen LogP contribution in [0.4, 0.5) is 0 Å². The lowest BCUT2D eigenvalue weighted by Gasteiger charge is -2.34. The normalized spacial score (nSPS) is 16.7. The Morgan fingerprint density at radius 3 is 2.57 bits per heavy atom. The van der Waals surface area contributed by atoms with E-state index < -0.39 is 6.10 Å². The molecule has 1 atom stereocenters. The van der Waals surface area contributed by atoms with Gasteiger partial charge in [-0.05, 0) is 31.3 Å². The Bertz CT molecular complexity index is 748. The second-order valence-corrected chi connectivity index (χ2v) is 7.85. The van der Waals surface area contributed by atoms with Gasteiger partial charge in [0.05, 0.1) is 12.8 Å². The van der Waals surface area contributed by atoms with E-state index in [0.29, 0.717) is 24.6 Å². The SMILES string of the molecule is CCN1CCN(CC(O)COc2ccc(CN(C)Cc3ccon3)cc2OC)CC1. The van der Waals surface area contributed by atoms with Crippen LogP contribution in [0, 0.1) is 0 Å². The van der Waals surface area contributed by atoms with Gasteiger partial charge in [0, 0.05) is 51.9 Å². The molecule has 8 heteroatoms. The molecular formula is C22H34N4O4. The van der Waals surface area contributed by atoms with Crippen LogP contribution in [0.25, 0.3) is 0 Å². The van der Waals surface area contributed by atoms with Gasteiger partial charge in [0.1, 0.15) is 19.0 Å². The quantitative estimate of drug-likeness (QED) is 0.591. The van der Waals surface area contributed by atoms with Crippen molar-refractivity contribution in [1.29, 1.82) is 0 Å². The van der Waals surface area contributed by atoms with Crippen LogP contribution in [0.2, 0.25) is 0 Å². The second-order valence-electron chi connectivity index (χ2n) is 7.85. The Kier molecular flexibility index (Phi) is 8.50. The van der Waals surface area contributed by atoms with E-state index in [1.165, 1.54) is 0 Å². The Morgan fingerprint density at radius 2 is 1.90 bits per heavy atom. The molecule has 0 bridgehead atoms. The number of ether oxygens (including phenoxy) is 2. The lowest BCUT2D eigenvalue weighted by atomic mass is 10.2. The van der Waals surface area contributed by atoms with E-state index >= 15 is 0 Å². The highest BCUT2D eigenvalue weighted by atomic mass is 16.5. The Labute approximate surface area is 178 Å². The minimum absolute atomic E-state index is 0.246. The third-order valence-corrected chi connectivity index (χ3v) is 5.42. The van der Waals surface area contributed by atoms with Crippen LogP contribution in [-0.2, 0) is 13.1 Å². The monoisotopic (exact) mass is 418 g/mol. The number of aromatic nitrogens is 1. The van der Waals surface area contributed by atoms with Gasteiger partial charge in [-0.15, -0.1) is 0 Å². The van der Waals surface area contributed by atoms with Crippen LogP contribution in [0.15, 0.2) is 35.1 Å². The maximum absolute atomic E-state index is 10.4. The zero-order chi connectivity index (χ0) is 21.3. The fourth-order valence-electron chi connectivity index (χ4n) is 3.72. The summed E-state index contributed by atoms with van der Waals surface area (Å²) in [7, 11) is 3.66. The van der Waals surface area contributed by atoms with Crippen molar-refractivity contribution in [3.8, 4) is 11.5 Å².